The molecule has 2 aromatic carbocycles. The van der Waals surface area contributed by atoms with Crippen LogP contribution in [0, 0.1) is 11.7 Å². The molecule has 0 saturated carbocycles. The van der Waals surface area contributed by atoms with Gasteiger partial charge in [-0.2, -0.15) is 0 Å². The predicted molar refractivity (Wildman–Crippen MR) is 125 cm³/mol. The summed E-state index contributed by atoms with van der Waals surface area (Å²) in [6.07, 6.45) is 1.66. The van der Waals surface area contributed by atoms with Crippen LogP contribution in [-0.4, -0.2) is 28.9 Å². The number of thioether (sulfide) groups is 1. The molecule has 0 aliphatic heterocycles. The Hall–Kier alpha value is -2.90. The number of hydrogen-bond donors (Lipinski definition) is 2. The number of amides is 1. The van der Waals surface area contributed by atoms with Crippen LogP contribution in [0.1, 0.15) is 35.3 Å². The van der Waals surface area contributed by atoms with E-state index >= 15 is 0 Å². The van der Waals surface area contributed by atoms with Gasteiger partial charge in [0.2, 0.25) is 0 Å². The highest BCUT2D eigenvalue weighted by Crippen LogP contribution is 2.30. The zero-order valence-electron chi connectivity index (χ0n) is 18.4. The molecular formula is C25H27FN2O3S. The highest BCUT2D eigenvalue weighted by atomic mass is 32.2. The maximum Gasteiger partial charge on any atom is 0.252 e. The number of aliphatic hydroxyl groups excluding tert-OH is 1. The number of halogens is 1. The second kappa shape index (κ2) is 11.1. The molecule has 5 nitrogen and oxygen atoms in total. The van der Waals surface area contributed by atoms with Gasteiger partial charge in [0.1, 0.15) is 0 Å². The number of aliphatic hydroxyl groups is 1. The molecule has 1 heterocycles. The second-order valence-corrected chi connectivity index (χ2v) is 8.80. The molecule has 0 unspecified atom stereocenters. The van der Waals surface area contributed by atoms with E-state index in [1.54, 1.807) is 42.2 Å². The summed E-state index contributed by atoms with van der Waals surface area (Å²) < 4.78 is 18.9. The maximum absolute atomic E-state index is 14.0. The summed E-state index contributed by atoms with van der Waals surface area (Å²) in [7, 11) is 1.41. The van der Waals surface area contributed by atoms with Crippen molar-refractivity contribution in [2.45, 2.75) is 31.9 Å². The summed E-state index contributed by atoms with van der Waals surface area (Å²) >= 11 is 1.62. The van der Waals surface area contributed by atoms with Gasteiger partial charge in [-0.25, -0.2) is 4.39 Å². The highest BCUT2D eigenvalue weighted by molar-refractivity contribution is 7.99. The number of pyridine rings is 1. The Bertz CT molecular complexity index is 1090. The van der Waals surface area contributed by atoms with Crippen LogP contribution in [0.15, 0.2) is 59.6 Å². The summed E-state index contributed by atoms with van der Waals surface area (Å²) in [6, 6.07) is 13.8. The molecule has 1 aromatic heterocycles. The number of rotatable bonds is 9. The van der Waals surface area contributed by atoms with E-state index in [0.717, 1.165) is 16.2 Å². The molecule has 0 aliphatic rings. The molecule has 0 radical (unpaired) electrons. The van der Waals surface area contributed by atoms with Crippen LogP contribution in [0.4, 0.5) is 4.39 Å². The molecule has 0 saturated heterocycles. The van der Waals surface area contributed by atoms with Gasteiger partial charge in [0.25, 0.3) is 5.91 Å². The molecule has 168 valence electrons. The van der Waals surface area contributed by atoms with Gasteiger partial charge in [-0.1, -0.05) is 32.0 Å². The van der Waals surface area contributed by atoms with Crippen molar-refractivity contribution < 1.29 is 19.0 Å². The smallest absolute Gasteiger partial charge is 0.252 e. The number of methoxy groups -OCH3 is 1. The second-order valence-electron chi connectivity index (χ2n) is 7.74. The number of aromatic nitrogens is 1. The monoisotopic (exact) mass is 454 g/mol. The fourth-order valence-electron chi connectivity index (χ4n) is 3.16. The molecular weight excluding hydrogens is 427 g/mol. The predicted octanol–water partition coefficient (Wildman–Crippen LogP) is 5.07. The van der Waals surface area contributed by atoms with Crippen molar-refractivity contribution in [2.75, 3.05) is 12.9 Å². The van der Waals surface area contributed by atoms with Crippen LogP contribution in [0.3, 0.4) is 0 Å². The van der Waals surface area contributed by atoms with Crippen molar-refractivity contribution in [3.05, 3.63) is 77.2 Å². The maximum atomic E-state index is 14.0. The van der Waals surface area contributed by atoms with E-state index in [1.807, 2.05) is 18.2 Å². The van der Waals surface area contributed by atoms with Gasteiger partial charge >= 0.3 is 0 Å². The van der Waals surface area contributed by atoms with Gasteiger partial charge in [-0.05, 0) is 41.8 Å². The number of hydrogen-bond acceptors (Lipinski definition) is 5. The van der Waals surface area contributed by atoms with Crippen molar-refractivity contribution >= 4 is 17.7 Å². The topological polar surface area (TPSA) is 71.5 Å². The number of nitrogens with zero attached hydrogens (tertiary/aromatic N) is 1. The molecule has 32 heavy (non-hydrogen) atoms. The summed E-state index contributed by atoms with van der Waals surface area (Å²) in [5, 5.41) is 12.6. The van der Waals surface area contributed by atoms with Crippen molar-refractivity contribution in [3.63, 3.8) is 0 Å². The number of benzene rings is 2. The Kier molecular flexibility index (Phi) is 8.25. The number of carbonyl (C=O) groups excluding carboxylic acids is 1. The van der Waals surface area contributed by atoms with E-state index in [0.29, 0.717) is 28.3 Å². The zero-order chi connectivity index (χ0) is 23.1. The first-order valence-electron chi connectivity index (χ1n) is 10.4. The largest absolute Gasteiger partial charge is 0.494 e. The first-order chi connectivity index (χ1) is 15.4. The minimum absolute atomic E-state index is 0.141. The highest BCUT2D eigenvalue weighted by Gasteiger charge is 2.16. The molecule has 0 atom stereocenters. The van der Waals surface area contributed by atoms with Crippen molar-refractivity contribution in [2.24, 2.45) is 5.92 Å². The third-order valence-corrected chi connectivity index (χ3v) is 6.30. The Balaban J connectivity index is 1.88. The van der Waals surface area contributed by atoms with Crippen LogP contribution in [0.5, 0.6) is 5.75 Å². The molecule has 0 aliphatic carbocycles. The van der Waals surface area contributed by atoms with E-state index in [1.165, 1.54) is 13.2 Å². The van der Waals surface area contributed by atoms with E-state index < -0.39 is 5.82 Å². The van der Waals surface area contributed by atoms with E-state index in [2.05, 4.69) is 24.1 Å². The lowest BCUT2D eigenvalue weighted by Crippen LogP contribution is -2.23. The minimum Gasteiger partial charge on any atom is -0.494 e. The summed E-state index contributed by atoms with van der Waals surface area (Å²) in [5.74, 6) is 0.774. The molecule has 3 aromatic rings. The number of carbonyl (C=O) groups is 1. The number of ether oxygens (including phenoxy) is 1. The molecule has 0 fully saturated rings. The minimum atomic E-state index is -0.471. The van der Waals surface area contributed by atoms with Gasteiger partial charge in [0.05, 0.1) is 25.0 Å². The third kappa shape index (κ3) is 5.87. The normalized spacial score (nSPS) is 10.9. The molecule has 0 bridgehead atoms. The Morgan fingerprint density at radius 2 is 2.03 bits per heavy atom. The fourth-order valence-corrected chi connectivity index (χ4v) is 4.14. The van der Waals surface area contributed by atoms with Gasteiger partial charge in [0.15, 0.2) is 11.6 Å². The van der Waals surface area contributed by atoms with Crippen molar-refractivity contribution in [1.29, 1.82) is 0 Å². The van der Waals surface area contributed by atoms with E-state index in [-0.39, 0.29) is 24.8 Å². The van der Waals surface area contributed by atoms with E-state index in [9.17, 15) is 14.3 Å². The molecule has 3 rings (SSSR count). The van der Waals surface area contributed by atoms with Crippen LogP contribution in [0.25, 0.3) is 11.3 Å². The van der Waals surface area contributed by atoms with Crippen molar-refractivity contribution in [3.8, 4) is 17.0 Å². The summed E-state index contributed by atoms with van der Waals surface area (Å²) in [5.41, 5.74) is 3.24. The van der Waals surface area contributed by atoms with Gasteiger partial charge in [-0.15, -0.1) is 11.8 Å². The van der Waals surface area contributed by atoms with Crippen LogP contribution < -0.4 is 10.1 Å². The summed E-state index contributed by atoms with van der Waals surface area (Å²) in [6.45, 7) is 4.29. The first kappa shape index (κ1) is 23.8. The van der Waals surface area contributed by atoms with Crippen LogP contribution in [0.2, 0.25) is 0 Å². The van der Waals surface area contributed by atoms with Crippen molar-refractivity contribution in [1.82, 2.24) is 10.3 Å². The lowest BCUT2D eigenvalue weighted by Gasteiger charge is -2.14. The van der Waals surface area contributed by atoms with Gasteiger partial charge < -0.3 is 15.2 Å². The average Bonchev–Trinajstić information content (AvgIpc) is 2.81. The van der Waals surface area contributed by atoms with Gasteiger partial charge in [-0.3, -0.25) is 9.78 Å². The quantitative estimate of drug-likeness (QED) is 0.442. The lowest BCUT2D eigenvalue weighted by molar-refractivity contribution is 0.0948. The van der Waals surface area contributed by atoms with E-state index in [4.69, 9.17) is 4.74 Å². The Morgan fingerprint density at radius 3 is 2.72 bits per heavy atom. The number of nitrogens with one attached hydrogen (secondary N) is 1. The molecule has 1 amide bonds. The molecule has 0 spiro atoms. The Morgan fingerprint density at radius 1 is 1.22 bits per heavy atom. The first-order valence-corrected chi connectivity index (χ1v) is 11.3. The Labute approximate surface area is 192 Å². The van der Waals surface area contributed by atoms with Gasteiger partial charge in [0, 0.05) is 34.5 Å². The SMILES string of the molecule is COc1ccc(CNC(=O)c2cc(-c3ncccc3CO)ccc2SCC(C)C)cc1F. The molecule has 7 heteroatoms. The third-order valence-electron chi connectivity index (χ3n) is 4.80. The molecule has 2 N–H and O–H groups in total. The van der Waals surface area contributed by atoms with Crippen LogP contribution >= 0.6 is 11.8 Å². The average molecular weight is 455 g/mol. The van der Waals surface area contributed by atoms with Crippen LogP contribution in [-0.2, 0) is 13.2 Å². The fraction of sp³-hybridized carbons (Fsp3) is 0.280. The zero-order valence-corrected chi connectivity index (χ0v) is 19.2. The lowest BCUT2D eigenvalue weighted by atomic mass is 10.0. The summed E-state index contributed by atoms with van der Waals surface area (Å²) in [4.78, 5) is 18.4. The standard InChI is InChI=1S/C25H27FN2O3S/c1-16(2)15-32-23-9-7-18(24-19(14-29)5-4-10-27-24)12-20(23)25(30)28-13-17-6-8-22(31-3)21(26)11-17/h4-12,16,29H,13-15H2,1-3H3,(H,28,30).